The van der Waals surface area contributed by atoms with E-state index in [1.807, 2.05) is 24.3 Å². The Kier molecular flexibility index (Phi) is 13.5. The van der Waals surface area contributed by atoms with Gasteiger partial charge in [-0.3, -0.25) is 10.5 Å². The summed E-state index contributed by atoms with van der Waals surface area (Å²) in [5, 5.41) is 61.5. The van der Waals surface area contributed by atoms with E-state index in [-0.39, 0.29) is 79.7 Å². The highest BCUT2D eigenvalue weighted by atomic mass is 16.5. The van der Waals surface area contributed by atoms with Crippen molar-refractivity contribution in [2.75, 3.05) is 13.3 Å². The van der Waals surface area contributed by atoms with E-state index in [9.17, 15) is 35.4 Å². The Morgan fingerprint density at radius 1 is 0.771 bits per heavy atom. The lowest BCUT2D eigenvalue weighted by Crippen LogP contribution is -2.18. The van der Waals surface area contributed by atoms with E-state index in [2.05, 4.69) is 0 Å². The van der Waals surface area contributed by atoms with Crippen LogP contribution in [0, 0.1) is 0 Å². The molecule has 0 aliphatic heterocycles. The lowest BCUT2D eigenvalue weighted by molar-refractivity contribution is -0.121. The average molecular weight is 660 g/mol. The first kappa shape index (κ1) is 36.1. The fraction of sp³-hybridized carbons (Fsp3) is 0.342. The van der Waals surface area contributed by atoms with Gasteiger partial charge in [0.2, 0.25) is 5.75 Å². The van der Waals surface area contributed by atoms with Gasteiger partial charge in [-0.2, -0.15) is 0 Å². The van der Waals surface area contributed by atoms with E-state index in [4.69, 9.17) is 15.2 Å². The number of aryl methyl sites for hydroxylation is 3. The topological polar surface area (TPSA) is 183 Å². The summed E-state index contributed by atoms with van der Waals surface area (Å²) in [4.78, 5) is 13.0. The molecular weight excluding hydrogens is 614 g/mol. The van der Waals surface area contributed by atoms with Crippen molar-refractivity contribution < 1.29 is 44.9 Å². The van der Waals surface area contributed by atoms with Crippen molar-refractivity contribution in [2.45, 2.75) is 70.0 Å². The summed E-state index contributed by atoms with van der Waals surface area (Å²) in [6, 6.07) is 22.4. The van der Waals surface area contributed by atoms with E-state index in [1.54, 1.807) is 36.4 Å². The molecule has 0 aliphatic rings. The van der Waals surface area contributed by atoms with E-state index in [1.165, 1.54) is 18.2 Å². The number of ether oxygens (including phenoxy) is 2. The second-order valence-electron chi connectivity index (χ2n) is 11.9. The third kappa shape index (κ3) is 10.6. The number of aliphatic hydroxyl groups excluding tert-OH is 2. The van der Waals surface area contributed by atoms with Crippen molar-refractivity contribution in [3.8, 4) is 34.5 Å². The van der Waals surface area contributed by atoms with Crippen LogP contribution in [0.2, 0.25) is 0 Å². The van der Waals surface area contributed by atoms with Crippen LogP contribution in [0.4, 0.5) is 0 Å². The van der Waals surface area contributed by atoms with Crippen LogP contribution >= 0.6 is 0 Å². The number of phenols is 4. The first-order valence-electron chi connectivity index (χ1n) is 16.2. The van der Waals surface area contributed by atoms with E-state index in [0.717, 1.165) is 23.1 Å². The standard InChI is InChI=1S/C38H45NO9/c39-24-48-36-18-25(11-15-34(36)44)10-14-32(42)22-33(43)19-29(13-12-28-7-2-1-6-27(28)8-4-16-40)30-20-35(45)38(46)37(21-30)47-23-26-5-3-9-31(41)17-26/h1-3,5-7,9,11,15,17-18,20-21,29,33,40-41,43-46H,4,8,10,12-14,16,19,22-24,39H2/t29-,33+/m0/s1. The van der Waals surface area contributed by atoms with Gasteiger partial charge < -0.3 is 40.1 Å². The number of ketones is 1. The zero-order chi connectivity index (χ0) is 34.5. The predicted octanol–water partition coefficient (Wildman–Crippen LogP) is 5.37. The molecule has 48 heavy (non-hydrogen) atoms. The second-order valence-corrected chi connectivity index (χ2v) is 11.9. The molecule has 0 bridgehead atoms. The first-order valence-corrected chi connectivity index (χ1v) is 16.2. The number of benzene rings is 4. The molecule has 0 spiro atoms. The fourth-order valence-corrected chi connectivity index (χ4v) is 5.81. The highest BCUT2D eigenvalue weighted by molar-refractivity contribution is 5.79. The van der Waals surface area contributed by atoms with Crippen LogP contribution in [0.1, 0.15) is 65.8 Å². The van der Waals surface area contributed by atoms with Gasteiger partial charge in [0.05, 0.1) is 6.10 Å². The molecule has 0 heterocycles. The molecule has 4 rings (SSSR count). The molecule has 0 saturated heterocycles. The second kappa shape index (κ2) is 18.0. The zero-order valence-electron chi connectivity index (χ0n) is 26.9. The van der Waals surface area contributed by atoms with E-state index < -0.39 is 11.9 Å². The van der Waals surface area contributed by atoms with Crippen LogP contribution in [-0.2, 0) is 30.7 Å². The summed E-state index contributed by atoms with van der Waals surface area (Å²) in [6.45, 7) is 0.0258. The Morgan fingerprint density at radius 2 is 1.54 bits per heavy atom. The van der Waals surface area contributed by atoms with Crippen LogP contribution in [0.15, 0.2) is 78.9 Å². The molecular formula is C38H45NO9. The summed E-state index contributed by atoms with van der Waals surface area (Å²) in [5.41, 5.74) is 9.74. The van der Waals surface area contributed by atoms with Gasteiger partial charge in [-0.25, -0.2) is 0 Å². The summed E-state index contributed by atoms with van der Waals surface area (Å²) in [5.74, 6) is -0.907. The monoisotopic (exact) mass is 659 g/mol. The molecule has 4 aromatic carbocycles. The summed E-state index contributed by atoms with van der Waals surface area (Å²) >= 11 is 0. The van der Waals surface area contributed by atoms with Crippen LogP contribution in [-0.4, -0.2) is 55.9 Å². The molecule has 0 aromatic heterocycles. The summed E-state index contributed by atoms with van der Waals surface area (Å²) in [7, 11) is 0. The van der Waals surface area contributed by atoms with Crippen molar-refractivity contribution in [2.24, 2.45) is 5.73 Å². The molecule has 4 aromatic rings. The maximum Gasteiger partial charge on any atom is 0.200 e. The van der Waals surface area contributed by atoms with Crippen molar-refractivity contribution in [1.82, 2.24) is 0 Å². The van der Waals surface area contributed by atoms with E-state index >= 15 is 0 Å². The molecule has 0 fully saturated rings. The summed E-state index contributed by atoms with van der Waals surface area (Å²) < 4.78 is 11.1. The molecule has 0 radical (unpaired) electrons. The highest BCUT2D eigenvalue weighted by Gasteiger charge is 2.23. The van der Waals surface area contributed by atoms with Crippen molar-refractivity contribution in [3.05, 3.63) is 107 Å². The molecule has 256 valence electrons. The summed E-state index contributed by atoms with van der Waals surface area (Å²) in [6.07, 6.45) is 2.31. The Morgan fingerprint density at radius 3 is 2.27 bits per heavy atom. The SMILES string of the molecule is NCOc1cc(CCC(=O)C[C@H](O)C[C@H](CCc2ccccc2CCCO)c2cc(O)c(O)c(OCc3cccc(O)c3)c2)ccc1O. The molecule has 10 heteroatoms. The number of aliphatic hydroxyl groups is 2. The van der Waals surface area contributed by atoms with Gasteiger partial charge in [-0.15, -0.1) is 0 Å². The minimum Gasteiger partial charge on any atom is -0.508 e. The Bertz CT molecular complexity index is 1640. The van der Waals surface area contributed by atoms with Gasteiger partial charge in [-0.1, -0.05) is 42.5 Å². The minimum atomic E-state index is -0.976. The minimum absolute atomic E-state index is 0.0335. The number of carbonyl (C=O) groups is 1. The van der Waals surface area contributed by atoms with Crippen LogP contribution in [0.5, 0.6) is 34.5 Å². The molecule has 0 unspecified atom stereocenters. The number of carbonyl (C=O) groups excluding carboxylic acids is 1. The van der Waals surface area contributed by atoms with Crippen molar-refractivity contribution >= 4 is 5.78 Å². The normalized spacial score (nSPS) is 12.4. The van der Waals surface area contributed by atoms with Gasteiger partial charge in [0.1, 0.15) is 24.9 Å². The van der Waals surface area contributed by atoms with Gasteiger partial charge in [0.15, 0.2) is 23.0 Å². The molecule has 2 atom stereocenters. The third-order valence-corrected chi connectivity index (χ3v) is 8.31. The van der Waals surface area contributed by atoms with Crippen LogP contribution < -0.4 is 15.2 Å². The number of phenolic OH excluding ortho intramolecular Hbond substituents is 4. The smallest absolute Gasteiger partial charge is 0.200 e. The number of aromatic hydroxyl groups is 4. The lowest BCUT2D eigenvalue weighted by atomic mass is 9.85. The van der Waals surface area contributed by atoms with Crippen LogP contribution in [0.25, 0.3) is 0 Å². The Balaban J connectivity index is 1.50. The molecule has 8 N–H and O–H groups in total. The first-order chi connectivity index (χ1) is 23.2. The fourth-order valence-electron chi connectivity index (χ4n) is 5.81. The molecule has 0 aliphatic carbocycles. The maximum atomic E-state index is 13.0. The van der Waals surface area contributed by atoms with Gasteiger partial charge in [0.25, 0.3) is 0 Å². The van der Waals surface area contributed by atoms with Crippen molar-refractivity contribution in [1.29, 1.82) is 0 Å². The number of hydrogen-bond donors (Lipinski definition) is 7. The number of nitrogens with two attached hydrogens (primary N) is 1. The maximum absolute atomic E-state index is 13.0. The molecule has 10 nitrogen and oxygen atoms in total. The molecule has 0 amide bonds. The van der Waals surface area contributed by atoms with Crippen molar-refractivity contribution in [3.63, 3.8) is 0 Å². The zero-order valence-corrected chi connectivity index (χ0v) is 26.9. The average Bonchev–Trinajstić information content (AvgIpc) is 3.07. The Hall–Kier alpha value is -4.77. The lowest BCUT2D eigenvalue weighted by Gasteiger charge is -2.23. The Labute approximate surface area is 280 Å². The largest absolute Gasteiger partial charge is 0.508 e. The number of Topliss-reactive ketones (excluding diaryl/α,β-unsaturated/α-hetero) is 1. The number of hydrogen-bond acceptors (Lipinski definition) is 10. The molecule has 0 saturated carbocycles. The van der Waals surface area contributed by atoms with E-state index in [0.29, 0.717) is 36.8 Å². The highest BCUT2D eigenvalue weighted by Crippen LogP contribution is 2.41. The van der Waals surface area contributed by atoms with Gasteiger partial charge in [0, 0.05) is 19.4 Å². The van der Waals surface area contributed by atoms with Gasteiger partial charge in [-0.05, 0) is 109 Å². The quantitative estimate of drug-likeness (QED) is 0.0511. The number of rotatable bonds is 19. The predicted molar refractivity (Wildman–Crippen MR) is 181 cm³/mol. The van der Waals surface area contributed by atoms with Crippen LogP contribution in [0.3, 0.4) is 0 Å². The van der Waals surface area contributed by atoms with Gasteiger partial charge >= 0.3 is 0 Å². The third-order valence-electron chi connectivity index (χ3n) is 8.31.